The van der Waals surface area contributed by atoms with Gasteiger partial charge in [-0.1, -0.05) is 24.3 Å². The summed E-state index contributed by atoms with van der Waals surface area (Å²) in [7, 11) is 0. The van der Waals surface area contributed by atoms with Crippen LogP contribution in [0.4, 0.5) is 4.39 Å². The Balaban J connectivity index is 2.14. The van der Waals surface area contributed by atoms with Crippen molar-refractivity contribution in [2.75, 3.05) is 6.61 Å². The van der Waals surface area contributed by atoms with Crippen LogP contribution in [-0.2, 0) is 9.53 Å². The smallest absolute Gasteiger partial charge is 0.339 e. The van der Waals surface area contributed by atoms with E-state index < -0.39 is 5.97 Å². The van der Waals surface area contributed by atoms with Crippen LogP contribution < -0.4 is 0 Å². The maximum absolute atomic E-state index is 13.3. The van der Waals surface area contributed by atoms with Gasteiger partial charge in [0, 0.05) is 10.5 Å². The van der Waals surface area contributed by atoms with Crippen LogP contribution >= 0.6 is 12.6 Å². The van der Waals surface area contributed by atoms with E-state index in [9.17, 15) is 9.18 Å². The molecule has 0 saturated carbocycles. The Bertz CT molecular complexity index is 705. The summed E-state index contributed by atoms with van der Waals surface area (Å²) in [6.07, 6.45) is 0. The first kappa shape index (κ1) is 12.9. The molecule has 0 unspecified atom stereocenters. The molecule has 0 fully saturated rings. The number of hydrogen-bond donors (Lipinski definition) is 1. The van der Waals surface area contributed by atoms with Gasteiger partial charge in [-0.3, -0.25) is 0 Å². The molecule has 2 nitrogen and oxygen atoms in total. The number of rotatable bonds is 2. The largest absolute Gasteiger partial charge is 0.457 e. The van der Waals surface area contributed by atoms with Crippen LogP contribution in [-0.4, -0.2) is 12.6 Å². The van der Waals surface area contributed by atoms with Crippen molar-refractivity contribution >= 4 is 29.7 Å². The number of cyclic esters (lactones) is 1. The monoisotopic (exact) mass is 286 g/mol. The zero-order valence-electron chi connectivity index (χ0n) is 10.5. The van der Waals surface area contributed by atoms with Gasteiger partial charge in [0.1, 0.15) is 12.4 Å². The molecule has 0 amide bonds. The molecule has 0 spiro atoms. The third-order valence-electron chi connectivity index (χ3n) is 3.18. The second-order valence-electron chi connectivity index (χ2n) is 4.49. The molecular formula is C16H11FO2S. The molecule has 2 aromatic carbocycles. The van der Waals surface area contributed by atoms with Crippen molar-refractivity contribution in [3.8, 4) is 0 Å². The predicted octanol–water partition coefficient (Wildman–Crippen LogP) is 3.58. The van der Waals surface area contributed by atoms with Crippen molar-refractivity contribution in [2.45, 2.75) is 4.90 Å². The number of carbonyl (C=O) groups is 1. The minimum absolute atomic E-state index is 0.205. The molecule has 1 aliphatic rings. The molecule has 0 atom stereocenters. The van der Waals surface area contributed by atoms with E-state index in [1.807, 2.05) is 24.3 Å². The lowest BCUT2D eigenvalue weighted by atomic mass is 9.97. The highest BCUT2D eigenvalue weighted by molar-refractivity contribution is 7.80. The van der Waals surface area contributed by atoms with Gasteiger partial charge >= 0.3 is 5.97 Å². The lowest BCUT2D eigenvalue weighted by molar-refractivity contribution is -0.133. The molecule has 2 aromatic rings. The molecule has 0 radical (unpaired) electrons. The lowest BCUT2D eigenvalue weighted by Gasteiger charge is -2.05. The fraction of sp³-hybridized carbons (Fsp3) is 0.0625. The van der Waals surface area contributed by atoms with E-state index in [2.05, 4.69) is 12.6 Å². The molecule has 0 N–H and O–H groups in total. The predicted molar refractivity (Wildman–Crippen MR) is 77.9 cm³/mol. The number of esters is 1. The summed E-state index contributed by atoms with van der Waals surface area (Å²) in [5.74, 6) is -0.791. The highest BCUT2D eigenvalue weighted by atomic mass is 32.1. The number of carbonyl (C=O) groups excluding carboxylic acids is 1. The molecule has 3 rings (SSSR count). The second-order valence-corrected chi connectivity index (χ2v) is 5.00. The number of benzene rings is 2. The van der Waals surface area contributed by atoms with Gasteiger partial charge in [-0.05, 0) is 35.4 Å². The Morgan fingerprint density at radius 1 is 1.05 bits per heavy atom. The van der Waals surface area contributed by atoms with E-state index in [-0.39, 0.29) is 12.4 Å². The van der Waals surface area contributed by atoms with E-state index in [0.717, 1.165) is 16.0 Å². The molecule has 0 bridgehead atoms. The highest BCUT2D eigenvalue weighted by Crippen LogP contribution is 2.33. The Labute approximate surface area is 121 Å². The SMILES string of the molecule is O=C1OCC(c2ccc(S)cc2)=C1c1cccc(F)c1. The number of halogens is 1. The molecule has 20 heavy (non-hydrogen) atoms. The van der Waals surface area contributed by atoms with Crippen LogP contribution in [0.25, 0.3) is 11.1 Å². The van der Waals surface area contributed by atoms with Crippen molar-refractivity contribution in [2.24, 2.45) is 0 Å². The van der Waals surface area contributed by atoms with Gasteiger partial charge < -0.3 is 4.74 Å². The van der Waals surface area contributed by atoms with E-state index in [1.54, 1.807) is 12.1 Å². The van der Waals surface area contributed by atoms with E-state index in [4.69, 9.17) is 4.74 Å². The molecule has 0 saturated heterocycles. The molecule has 100 valence electrons. The molecule has 0 aromatic heterocycles. The summed E-state index contributed by atoms with van der Waals surface area (Å²) >= 11 is 4.23. The Hall–Kier alpha value is -2.07. The minimum Gasteiger partial charge on any atom is -0.457 e. The van der Waals surface area contributed by atoms with Gasteiger partial charge in [-0.15, -0.1) is 12.6 Å². The summed E-state index contributed by atoms with van der Waals surface area (Å²) in [5, 5.41) is 0. The van der Waals surface area contributed by atoms with Gasteiger partial charge in [0.25, 0.3) is 0 Å². The average molecular weight is 286 g/mol. The molecule has 0 aliphatic carbocycles. The summed E-state index contributed by atoms with van der Waals surface area (Å²) in [4.78, 5) is 12.8. The van der Waals surface area contributed by atoms with Crippen molar-refractivity contribution in [3.05, 3.63) is 65.5 Å². The number of hydrogen-bond acceptors (Lipinski definition) is 3. The first-order valence-electron chi connectivity index (χ1n) is 6.11. The number of thiol groups is 1. The highest BCUT2D eigenvalue weighted by Gasteiger charge is 2.27. The molecular weight excluding hydrogens is 275 g/mol. The van der Waals surface area contributed by atoms with Gasteiger partial charge in [0.05, 0.1) is 5.57 Å². The van der Waals surface area contributed by atoms with Crippen LogP contribution in [0.5, 0.6) is 0 Å². The fourth-order valence-electron chi connectivity index (χ4n) is 2.23. The van der Waals surface area contributed by atoms with Crippen LogP contribution in [0.1, 0.15) is 11.1 Å². The first-order valence-corrected chi connectivity index (χ1v) is 6.55. The Morgan fingerprint density at radius 3 is 2.50 bits per heavy atom. The average Bonchev–Trinajstić information content (AvgIpc) is 2.81. The summed E-state index contributed by atoms with van der Waals surface area (Å²) in [6, 6.07) is 13.4. The molecule has 1 heterocycles. The third kappa shape index (κ3) is 2.34. The maximum atomic E-state index is 13.3. The normalized spacial score (nSPS) is 14.6. The van der Waals surface area contributed by atoms with Crippen LogP contribution in [0.15, 0.2) is 53.4 Å². The fourth-order valence-corrected chi connectivity index (χ4v) is 2.38. The van der Waals surface area contributed by atoms with Crippen molar-refractivity contribution in [3.63, 3.8) is 0 Å². The van der Waals surface area contributed by atoms with E-state index >= 15 is 0 Å². The minimum atomic E-state index is -0.416. The second kappa shape index (κ2) is 5.13. The third-order valence-corrected chi connectivity index (χ3v) is 3.48. The van der Waals surface area contributed by atoms with Crippen molar-refractivity contribution in [1.29, 1.82) is 0 Å². The topological polar surface area (TPSA) is 26.3 Å². The lowest BCUT2D eigenvalue weighted by Crippen LogP contribution is -1.98. The van der Waals surface area contributed by atoms with Crippen LogP contribution in [0.3, 0.4) is 0 Å². The molecule has 4 heteroatoms. The quantitative estimate of drug-likeness (QED) is 0.674. The number of ether oxygens (including phenoxy) is 1. The Morgan fingerprint density at radius 2 is 1.80 bits per heavy atom. The van der Waals surface area contributed by atoms with Crippen molar-refractivity contribution < 1.29 is 13.9 Å². The zero-order chi connectivity index (χ0) is 14.1. The van der Waals surface area contributed by atoms with Gasteiger partial charge in [-0.2, -0.15) is 0 Å². The standard InChI is InChI=1S/C16H11FO2S/c17-12-3-1-2-11(8-12)15-14(9-19-16(15)18)10-4-6-13(20)7-5-10/h1-8,20H,9H2. The van der Waals surface area contributed by atoms with E-state index in [1.165, 1.54) is 12.1 Å². The van der Waals surface area contributed by atoms with E-state index in [0.29, 0.717) is 11.1 Å². The summed E-state index contributed by atoms with van der Waals surface area (Å²) in [5.41, 5.74) is 2.62. The maximum Gasteiger partial charge on any atom is 0.339 e. The zero-order valence-corrected chi connectivity index (χ0v) is 11.4. The van der Waals surface area contributed by atoms with Gasteiger partial charge in [0.15, 0.2) is 0 Å². The van der Waals surface area contributed by atoms with Crippen LogP contribution in [0.2, 0.25) is 0 Å². The molecule has 1 aliphatic heterocycles. The van der Waals surface area contributed by atoms with Crippen molar-refractivity contribution in [1.82, 2.24) is 0 Å². The van der Waals surface area contributed by atoms with Gasteiger partial charge in [0.2, 0.25) is 0 Å². The first-order chi connectivity index (χ1) is 9.65. The summed E-state index contributed by atoms with van der Waals surface area (Å²) < 4.78 is 18.4. The summed E-state index contributed by atoms with van der Waals surface area (Å²) in [6.45, 7) is 0.205. The van der Waals surface area contributed by atoms with Crippen LogP contribution in [0, 0.1) is 5.82 Å². The van der Waals surface area contributed by atoms with Gasteiger partial charge in [-0.25, -0.2) is 9.18 Å². The Kier molecular flexibility index (Phi) is 3.32.